The number of rotatable bonds is 5. The highest BCUT2D eigenvalue weighted by molar-refractivity contribution is 4.98. The summed E-state index contributed by atoms with van der Waals surface area (Å²) in [6, 6.07) is 0. The molecule has 118 valence electrons. The van der Waals surface area contributed by atoms with Crippen molar-refractivity contribution in [3.63, 3.8) is 0 Å². The van der Waals surface area contributed by atoms with Crippen molar-refractivity contribution in [2.24, 2.45) is 11.8 Å². The van der Waals surface area contributed by atoms with Crippen molar-refractivity contribution < 1.29 is 4.52 Å². The fourth-order valence-corrected chi connectivity index (χ4v) is 3.97. The fraction of sp³-hybridized carbons (Fsp3) is 0.882. The van der Waals surface area contributed by atoms with E-state index in [9.17, 15) is 0 Å². The number of nitrogens with one attached hydrogen (secondary N) is 1. The molecule has 1 aromatic rings. The van der Waals surface area contributed by atoms with E-state index >= 15 is 0 Å². The second-order valence-corrected chi connectivity index (χ2v) is 6.95. The molecule has 21 heavy (non-hydrogen) atoms. The molecule has 0 spiro atoms. The van der Waals surface area contributed by atoms with Gasteiger partial charge >= 0.3 is 0 Å². The molecule has 3 rings (SSSR count). The lowest BCUT2D eigenvalue weighted by atomic mass is 9.80. The van der Waals surface area contributed by atoms with Crippen LogP contribution in [-0.2, 0) is 6.42 Å². The molecule has 1 aliphatic heterocycles. The van der Waals surface area contributed by atoms with Crippen LogP contribution in [-0.4, -0.2) is 23.2 Å². The van der Waals surface area contributed by atoms with Gasteiger partial charge in [-0.1, -0.05) is 24.9 Å². The average molecular weight is 291 g/mol. The maximum absolute atomic E-state index is 5.51. The normalized spacial score (nSPS) is 27.9. The number of nitrogens with zero attached hydrogens (tertiary/aromatic N) is 2. The van der Waals surface area contributed by atoms with Crippen molar-refractivity contribution in [2.75, 3.05) is 13.1 Å². The zero-order chi connectivity index (χ0) is 14.5. The minimum Gasteiger partial charge on any atom is -0.339 e. The number of piperidine rings is 1. The Hall–Kier alpha value is -0.900. The van der Waals surface area contributed by atoms with Crippen LogP contribution in [0.3, 0.4) is 0 Å². The molecule has 2 heterocycles. The third-order valence-electron chi connectivity index (χ3n) is 5.31. The summed E-state index contributed by atoms with van der Waals surface area (Å²) >= 11 is 0. The van der Waals surface area contributed by atoms with Gasteiger partial charge in [0.15, 0.2) is 5.82 Å². The summed E-state index contributed by atoms with van der Waals surface area (Å²) in [4.78, 5) is 4.70. The quantitative estimate of drug-likeness (QED) is 0.899. The van der Waals surface area contributed by atoms with E-state index in [-0.39, 0.29) is 0 Å². The molecule has 0 bridgehead atoms. The summed E-state index contributed by atoms with van der Waals surface area (Å²) in [6.45, 7) is 4.55. The van der Waals surface area contributed by atoms with Gasteiger partial charge in [0, 0.05) is 12.3 Å². The summed E-state index contributed by atoms with van der Waals surface area (Å²) in [5, 5.41) is 7.68. The van der Waals surface area contributed by atoms with E-state index < -0.39 is 0 Å². The van der Waals surface area contributed by atoms with Crippen LogP contribution >= 0.6 is 0 Å². The summed E-state index contributed by atoms with van der Waals surface area (Å²) in [7, 11) is 0. The topological polar surface area (TPSA) is 51.0 Å². The van der Waals surface area contributed by atoms with Gasteiger partial charge in [-0.25, -0.2) is 0 Å². The second kappa shape index (κ2) is 7.39. The van der Waals surface area contributed by atoms with E-state index in [0.29, 0.717) is 5.92 Å². The number of hydrogen-bond donors (Lipinski definition) is 1. The summed E-state index contributed by atoms with van der Waals surface area (Å²) in [5.74, 6) is 4.05. The lowest BCUT2D eigenvalue weighted by Crippen LogP contribution is -2.28. The predicted molar refractivity (Wildman–Crippen MR) is 83.2 cm³/mol. The summed E-state index contributed by atoms with van der Waals surface area (Å²) in [6.07, 6.45) is 11.3. The second-order valence-electron chi connectivity index (χ2n) is 6.95. The third-order valence-corrected chi connectivity index (χ3v) is 5.31. The molecule has 4 nitrogen and oxygen atoms in total. The molecule has 1 saturated heterocycles. The highest BCUT2D eigenvalue weighted by Crippen LogP contribution is 2.36. The number of hydrogen-bond acceptors (Lipinski definition) is 4. The molecule has 2 aliphatic rings. The van der Waals surface area contributed by atoms with Crippen LogP contribution in [0.2, 0.25) is 0 Å². The SMILES string of the molecule is CCCC1CCC(c2noc(CC3CCNCC3)n2)CC1. The molecule has 2 fully saturated rings. The van der Waals surface area contributed by atoms with Gasteiger partial charge in [-0.05, 0) is 63.5 Å². The van der Waals surface area contributed by atoms with Gasteiger partial charge in [-0.15, -0.1) is 0 Å². The Bertz CT molecular complexity index is 417. The summed E-state index contributed by atoms with van der Waals surface area (Å²) < 4.78 is 5.51. The Kier molecular flexibility index (Phi) is 5.28. The first kappa shape index (κ1) is 15.0. The molecule has 1 aromatic heterocycles. The van der Waals surface area contributed by atoms with Gasteiger partial charge in [0.05, 0.1) is 0 Å². The zero-order valence-corrected chi connectivity index (χ0v) is 13.3. The maximum atomic E-state index is 5.51. The molecule has 0 unspecified atom stereocenters. The lowest BCUT2D eigenvalue weighted by molar-refractivity contribution is 0.290. The maximum Gasteiger partial charge on any atom is 0.226 e. The van der Waals surface area contributed by atoms with Crippen molar-refractivity contribution >= 4 is 0 Å². The summed E-state index contributed by atoms with van der Waals surface area (Å²) in [5.41, 5.74) is 0. The van der Waals surface area contributed by atoms with Crippen molar-refractivity contribution in [2.45, 2.75) is 70.6 Å². The number of aromatic nitrogens is 2. The van der Waals surface area contributed by atoms with Crippen LogP contribution in [0.4, 0.5) is 0 Å². The standard InChI is InChI=1S/C17H29N3O/c1-2-3-13-4-6-15(7-5-13)17-19-16(21-20-17)12-14-8-10-18-11-9-14/h13-15,18H,2-12H2,1H3. The van der Waals surface area contributed by atoms with E-state index in [4.69, 9.17) is 9.51 Å². The monoisotopic (exact) mass is 291 g/mol. The van der Waals surface area contributed by atoms with Gasteiger partial charge in [0.25, 0.3) is 0 Å². The Balaban J connectivity index is 1.50. The first-order valence-electron chi connectivity index (χ1n) is 8.88. The van der Waals surface area contributed by atoms with E-state index in [1.54, 1.807) is 0 Å². The van der Waals surface area contributed by atoms with E-state index in [1.165, 1.54) is 51.4 Å². The van der Waals surface area contributed by atoms with Crippen molar-refractivity contribution in [1.82, 2.24) is 15.5 Å². The van der Waals surface area contributed by atoms with E-state index in [0.717, 1.165) is 43.1 Å². The minimum atomic E-state index is 0.545. The molecule has 0 amide bonds. The van der Waals surface area contributed by atoms with E-state index in [2.05, 4.69) is 17.4 Å². The smallest absolute Gasteiger partial charge is 0.226 e. The molecular weight excluding hydrogens is 262 g/mol. The molecule has 1 N–H and O–H groups in total. The minimum absolute atomic E-state index is 0.545. The first-order chi connectivity index (χ1) is 10.3. The largest absolute Gasteiger partial charge is 0.339 e. The molecule has 1 aliphatic carbocycles. The highest BCUT2D eigenvalue weighted by atomic mass is 16.5. The van der Waals surface area contributed by atoms with Gasteiger partial charge in [-0.3, -0.25) is 0 Å². The molecule has 0 radical (unpaired) electrons. The Morgan fingerprint density at radius 2 is 1.81 bits per heavy atom. The van der Waals surface area contributed by atoms with Crippen LogP contribution < -0.4 is 5.32 Å². The Morgan fingerprint density at radius 3 is 2.52 bits per heavy atom. The van der Waals surface area contributed by atoms with Crippen molar-refractivity contribution in [3.05, 3.63) is 11.7 Å². The predicted octanol–water partition coefficient (Wildman–Crippen LogP) is 3.69. The average Bonchev–Trinajstić information content (AvgIpc) is 2.98. The fourth-order valence-electron chi connectivity index (χ4n) is 3.97. The highest BCUT2D eigenvalue weighted by Gasteiger charge is 2.26. The van der Waals surface area contributed by atoms with Gasteiger partial charge in [-0.2, -0.15) is 4.98 Å². The zero-order valence-electron chi connectivity index (χ0n) is 13.3. The Morgan fingerprint density at radius 1 is 1.05 bits per heavy atom. The van der Waals surface area contributed by atoms with Crippen LogP contribution in [0.15, 0.2) is 4.52 Å². The van der Waals surface area contributed by atoms with Gasteiger partial charge in [0.2, 0.25) is 5.89 Å². The van der Waals surface area contributed by atoms with Crippen molar-refractivity contribution in [3.8, 4) is 0 Å². The van der Waals surface area contributed by atoms with Crippen LogP contribution in [0, 0.1) is 11.8 Å². The lowest BCUT2D eigenvalue weighted by Gasteiger charge is -2.26. The molecule has 1 saturated carbocycles. The first-order valence-corrected chi connectivity index (χ1v) is 8.88. The van der Waals surface area contributed by atoms with Gasteiger partial charge in [0.1, 0.15) is 0 Å². The van der Waals surface area contributed by atoms with Gasteiger partial charge < -0.3 is 9.84 Å². The van der Waals surface area contributed by atoms with E-state index in [1.807, 2.05) is 0 Å². The molecular formula is C17H29N3O. The Labute approximate surface area is 128 Å². The van der Waals surface area contributed by atoms with Crippen LogP contribution in [0.5, 0.6) is 0 Å². The third kappa shape index (κ3) is 4.06. The molecule has 0 atom stereocenters. The van der Waals surface area contributed by atoms with Crippen molar-refractivity contribution in [1.29, 1.82) is 0 Å². The molecule has 4 heteroatoms. The van der Waals surface area contributed by atoms with Crippen LogP contribution in [0.25, 0.3) is 0 Å². The van der Waals surface area contributed by atoms with Crippen LogP contribution in [0.1, 0.15) is 75.9 Å². The molecule has 0 aromatic carbocycles.